The van der Waals surface area contributed by atoms with Gasteiger partial charge in [0.2, 0.25) is 5.91 Å². The third kappa shape index (κ3) is 6.69. The molecule has 0 saturated carbocycles. The van der Waals surface area contributed by atoms with Gasteiger partial charge in [-0.25, -0.2) is 4.98 Å². The molecule has 31 heavy (non-hydrogen) atoms. The maximum atomic E-state index is 13.2. The number of hydrogen-bond acceptors (Lipinski definition) is 6. The minimum absolute atomic E-state index is 0.145. The third-order valence-corrected chi connectivity index (χ3v) is 7.34. The number of nitrogens with zero attached hydrogens (tertiary/aromatic N) is 3. The number of benzene rings is 2. The number of fused-ring (bicyclic) bond motifs is 1. The highest BCUT2D eigenvalue weighted by Gasteiger charge is 2.20. The van der Waals surface area contributed by atoms with Crippen LogP contribution in [0.2, 0.25) is 0 Å². The van der Waals surface area contributed by atoms with Crippen molar-refractivity contribution in [3.05, 3.63) is 48.5 Å². The number of anilines is 1. The summed E-state index contributed by atoms with van der Waals surface area (Å²) in [5.41, 5.74) is 0.904. The second-order valence-electron chi connectivity index (χ2n) is 7.17. The number of thioether (sulfide) groups is 1. The summed E-state index contributed by atoms with van der Waals surface area (Å²) in [6.45, 7) is 7.76. The van der Waals surface area contributed by atoms with Crippen molar-refractivity contribution in [2.75, 3.05) is 43.9 Å². The molecule has 0 aliphatic heterocycles. The summed E-state index contributed by atoms with van der Waals surface area (Å²) in [7, 11) is 1.66. The summed E-state index contributed by atoms with van der Waals surface area (Å²) in [6.07, 6.45) is 1.37. The van der Waals surface area contributed by atoms with Crippen LogP contribution in [-0.4, -0.2) is 54.8 Å². The smallest absolute Gasteiger partial charge is 0.228 e. The fourth-order valence-electron chi connectivity index (χ4n) is 3.31. The second-order valence-corrected chi connectivity index (χ2v) is 9.34. The molecule has 0 aliphatic carbocycles. The van der Waals surface area contributed by atoms with Crippen LogP contribution < -0.4 is 9.64 Å². The Bertz CT molecular complexity index is 958. The van der Waals surface area contributed by atoms with Crippen LogP contribution in [0.25, 0.3) is 10.2 Å². The van der Waals surface area contributed by atoms with Crippen LogP contribution in [0.15, 0.2) is 53.4 Å². The summed E-state index contributed by atoms with van der Waals surface area (Å²) in [6, 6.07) is 16.2. The predicted molar refractivity (Wildman–Crippen MR) is 133 cm³/mol. The molecular formula is C24H31N3O2S2. The van der Waals surface area contributed by atoms with Gasteiger partial charge in [0.05, 0.1) is 17.3 Å². The number of rotatable bonds is 12. The van der Waals surface area contributed by atoms with E-state index in [0.717, 1.165) is 52.9 Å². The molecule has 3 aromatic rings. The van der Waals surface area contributed by atoms with Crippen LogP contribution in [0.3, 0.4) is 0 Å². The number of methoxy groups -OCH3 is 1. The first-order valence-electron chi connectivity index (χ1n) is 10.8. The molecule has 1 aromatic heterocycles. The van der Waals surface area contributed by atoms with E-state index >= 15 is 0 Å². The van der Waals surface area contributed by atoms with E-state index in [9.17, 15) is 4.79 Å². The molecule has 5 nitrogen and oxygen atoms in total. The van der Waals surface area contributed by atoms with Gasteiger partial charge in [-0.1, -0.05) is 43.4 Å². The van der Waals surface area contributed by atoms with Crippen molar-refractivity contribution < 1.29 is 9.53 Å². The van der Waals surface area contributed by atoms with Crippen molar-refractivity contribution in [3.8, 4) is 5.75 Å². The molecule has 0 atom stereocenters. The minimum Gasteiger partial charge on any atom is -0.497 e. The van der Waals surface area contributed by atoms with Crippen LogP contribution in [0, 0.1) is 0 Å². The first kappa shape index (κ1) is 23.6. The molecule has 2 aromatic carbocycles. The van der Waals surface area contributed by atoms with Crippen LogP contribution in [0.1, 0.15) is 26.7 Å². The first-order valence-corrected chi connectivity index (χ1v) is 12.6. The van der Waals surface area contributed by atoms with Gasteiger partial charge in [0.15, 0.2) is 5.13 Å². The summed E-state index contributed by atoms with van der Waals surface area (Å²) in [5, 5.41) is 0.774. The SMILES string of the molecule is CCN(CC)CCN(C(=O)CCCSc1ccccc1)c1nc2ccc(OC)cc2s1. The Morgan fingerprint density at radius 2 is 1.87 bits per heavy atom. The van der Waals surface area contributed by atoms with Crippen LogP contribution in [0.5, 0.6) is 5.75 Å². The molecule has 3 rings (SSSR count). The highest BCUT2D eigenvalue weighted by Crippen LogP contribution is 2.32. The number of likely N-dealkylation sites (N-methyl/N-ethyl adjacent to an activating group) is 1. The van der Waals surface area contributed by atoms with Gasteiger partial charge in [0.25, 0.3) is 0 Å². The quantitative estimate of drug-likeness (QED) is 0.263. The summed E-state index contributed by atoms with van der Waals surface area (Å²) >= 11 is 3.35. The number of carbonyl (C=O) groups is 1. The predicted octanol–water partition coefficient (Wildman–Crippen LogP) is 5.55. The molecule has 0 saturated heterocycles. The zero-order chi connectivity index (χ0) is 22.1. The van der Waals surface area contributed by atoms with Crippen molar-refractivity contribution in [2.45, 2.75) is 31.6 Å². The zero-order valence-electron chi connectivity index (χ0n) is 18.5. The number of hydrogen-bond donors (Lipinski definition) is 0. The fraction of sp³-hybridized carbons (Fsp3) is 0.417. The second kappa shape index (κ2) is 12.1. The maximum absolute atomic E-state index is 13.2. The summed E-state index contributed by atoms with van der Waals surface area (Å²) in [4.78, 5) is 23.4. The van der Waals surface area contributed by atoms with E-state index in [1.165, 1.54) is 4.90 Å². The number of carbonyl (C=O) groups excluding carboxylic acids is 1. The normalized spacial score (nSPS) is 11.2. The minimum atomic E-state index is 0.145. The van der Waals surface area contributed by atoms with Crippen molar-refractivity contribution >= 4 is 44.4 Å². The number of ether oxygens (including phenoxy) is 1. The van der Waals surface area contributed by atoms with Gasteiger partial charge in [-0.2, -0.15) is 0 Å². The van der Waals surface area contributed by atoms with E-state index in [0.29, 0.717) is 13.0 Å². The lowest BCUT2D eigenvalue weighted by molar-refractivity contribution is -0.118. The largest absolute Gasteiger partial charge is 0.497 e. The van der Waals surface area contributed by atoms with Crippen molar-refractivity contribution in [2.24, 2.45) is 0 Å². The van der Waals surface area contributed by atoms with Crippen LogP contribution in [0.4, 0.5) is 5.13 Å². The van der Waals surface area contributed by atoms with E-state index in [2.05, 4.69) is 30.9 Å². The summed E-state index contributed by atoms with van der Waals surface area (Å²) < 4.78 is 6.38. The van der Waals surface area contributed by atoms with E-state index < -0.39 is 0 Å². The average Bonchev–Trinajstić information content (AvgIpc) is 3.23. The highest BCUT2D eigenvalue weighted by atomic mass is 32.2. The van der Waals surface area contributed by atoms with E-state index in [4.69, 9.17) is 9.72 Å². The molecule has 0 aliphatic rings. The Hall–Kier alpha value is -2.09. The number of amides is 1. The third-order valence-electron chi connectivity index (χ3n) is 5.20. The van der Waals surface area contributed by atoms with Gasteiger partial charge in [0.1, 0.15) is 5.75 Å². The van der Waals surface area contributed by atoms with Gasteiger partial charge < -0.3 is 9.64 Å². The first-order chi connectivity index (χ1) is 15.1. The van der Waals surface area contributed by atoms with Gasteiger partial charge in [-0.3, -0.25) is 9.69 Å². The van der Waals surface area contributed by atoms with Gasteiger partial charge in [-0.15, -0.1) is 11.8 Å². The standard InChI is InChI=1S/C24H31N3O2S2/c1-4-26(5-2)15-16-27(23(28)12-9-17-30-20-10-7-6-8-11-20)24-25-21-14-13-19(29-3)18-22(21)31-24/h6-8,10-11,13-14,18H,4-5,9,12,15-17H2,1-3H3. The molecule has 1 heterocycles. The maximum Gasteiger partial charge on any atom is 0.228 e. The molecule has 0 unspecified atom stereocenters. The number of aromatic nitrogens is 1. The zero-order valence-corrected chi connectivity index (χ0v) is 20.2. The Labute approximate surface area is 193 Å². The Morgan fingerprint density at radius 3 is 2.58 bits per heavy atom. The Balaban J connectivity index is 1.68. The molecular weight excluding hydrogens is 426 g/mol. The lowest BCUT2D eigenvalue weighted by atomic mass is 10.3. The molecule has 0 radical (unpaired) electrons. The molecule has 0 bridgehead atoms. The highest BCUT2D eigenvalue weighted by molar-refractivity contribution is 7.99. The monoisotopic (exact) mass is 457 g/mol. The van der Waals surface area contributed by atoms with Gasteiger partial charge >= 0.3 is 0 Å². The van der Waals surface area contributed by atoms with Crippen molar-refractivity contribution in [1.29, 1.82) is 0 Å². The Morgan fingerprint density at radius 1 is 1.10 bits per heavy atom. The van der Waals surface area contributed by atoms with E-state index in [-0.39, 0.29) is 5.91 Å². The van der Waals surface area contributed by atoms with E-state index in [1.807, 2.05) is 41.3 Å². The molecule has 0 spiro atoms. The van der Waals surface area contributed by atoms with Crippen LogP contribution >= 0.6 is 23.1 Å². The van der Waals surface area contributed by atoms with E-state index in [1.54, 1.807) is 30.2 Å². The lowest BCUT2D eigenvalue weighted by Gasteiger charge is -2.24. The van der Waals surface area contributed by atoms with Crippen molar-refractivity contribution in [3.63, 3.8) is 0 Å². The van der Waals surface area contributed by atoms with Crippen LogP contribution in [-0.2, 0) is 4.79 Å². The topological polar surface area (TPSA) is 45.7 Å². The van der Waals surface area contributed by atoms with Crippen molar-refractivity contribution in [1.82, 2.24) is 9.88 Å². The molecule has 0 N–H and O–H groups in total. The van der Waals surface area contributed by atoms with Gasteiger partial charge in [-0.05, 0) is 55.6 Å². The molecule has 166 valence electrons. The lowest BCUT2D eigenvalue weighted by Crippen LogP contribution is -2.38. The fourth-order valence-corrected chi connectivity index (χ4v) is 5.22. The summed E-state index contributed by atoms with van der Waals surface area (Å²) in [5.74, 6) is 1.88. The number of thiazole rings is 1. The average molecular weight is 458 g/mol. The molecule has 7 heteroatoms. The van der Waals surface area contributed by atoms with Gasteiger partial charge in [0, 0.05) is 24.4 Å². The Kier molecular flexibility index (Phi) is 9.18. The molecule has 1 amide bonds. The molecule has 0 fully saturated rings.